The first kappa shape index (κ1) is 26.0. The van der Waals surface area contributed by atoms with E-state index in [2.05, 4.69) is 11.1 Å². The lowest BCUT2D eigenvalue weighted by atomic mass is 10.1. The molecule has 3 aromatic carbocycles. The average Bonchev–Trinajstić information content (AvgIpc) is 3.17. The first-order valence-corrected chi connectivity index (χ1v) is 12.0. The van der Waals surface area contributed by atoms with Crippen molar-refractivity contribution in [2.24, 2.45) is 10.7 Å². The van der Waals surface area contributed by atoms with Crippen LogP contribution in [0.3, 0.4) is 0 Å². The lowest BCUT2D eigenvalue weighted by Gasteiger charge is -2.11. The van der Waals surface area contributed by atoms with Gasteiger partial charge in [-0.15, -0.1) is 0 Å². The molecule has 0 unspecified atom stereocenters. The smallest absolute Gasteiger partial charge is 0.204 e. The quantitative estimate of drug-likeness (QED) is 0.160. The molecule has 0 saturated heterocycles. The summed E-state index contributed by atoms with van der Waals surface area (Å²) in [5, 5.41) is 22.5. The summed E-state index contributed by atoms with van der Waals surface area (Å²) in [6.07, 6.45) is 2.10. The van der Waals surface area contributed by atoms with E-state index in [0.29, 0.717) is 56.7 Å². The molecule has 188 valence electrons. The van der Waals surface area contributed by atoms with Gasteiger partial charge in [0.15, 0.2) is 11.5 Å². The molecule has 7 nitrogen and oxygen atoms in total. The van der Waals surface area contributed by atoms with Crippen LogP contribution in [-0.2, 0) is 6.42 Å². The Balaban J connectivity index is 1.69. The number of rotatable bonds is 8. The maximum absolute atomic E-state index is 11.2. The number of amidine groups is 1. The maximum Gasteiger partial charge on any atom is 0.204 e. The van der Waals surface area contributed by atoms with Gasteiger partial charge in [-0.1, -0.05) is 53.5 Å². The zero-order chi connectivity index (χ0) is 26.5. The minimum absolute atomic E-state index is 0.0648. The molecular weight excluding hydrogens is 511 g/mol. The maximum atomic E-state index is 11.2. The van der Waals surface area contributed by atoms with Crippen molar-refractivity contribution in [2.75, 3.05) is 20.8 Å². The second kappa shape index (κ2) is 11.3. The molecule has 4 rings (SSSR count). The van der Waals surface area contributed by atoms with Crippen LogP contribution in [0.4, 0.5) is 0 Å². The van der Waals surface area contributed by atoms with E-state index in [9.17, 15) is 10.4 Å². The van der Waals surface area contributed by atoms with Gasteiger partial charge in [0.1, 0.15) is 11.9 Å². The van der Waals surface area contributed by atoms with Gasteiger partial charge in [-0.25, -0.2) is 0 Å². The van der Waals surface area contributed by atoms with E-state index in [-0.39, 0.29) is 17.3 Å². The highest BCUT2D eigenvalue weighted by atomic mass is 35.5. The molecule has 0 saturated carbocycles. The van der Waals surface area contributed by atoms with Crippen LogP contribution in [0.1, 0.15) is 11.1 Å². The Morgan fingerprint density at radius 1 is 1.05 bits per heavy atom. The molecule has 4 aromatic rings. The molecule has 1 heterocycles. The topological polar surface area (TPSA) is 106 Å². The number of nitriles is 1. The number of para-hydroxylation sites is 2. The van der Waals surface area contributed by atoms with Crippen molar-refractivity contribution in [3.63, 3.8) is 0 Å². The predicted molar refractivity (Wildman–Crippen MR) is 148 cm³/mol. The number of methoxy groups -OCH3 is 2. The normalized spacial score (nSPS) is 12.0. The fourth-order valence-corrected chi connectivity index (χ4v) is 4.62. The molecule has 0 spiro atoms. The second-order valence-corrected chi connectivity index (χ2v) is 8.85. The van der Waals surface area contributed by atoms with E-state index >= 15 is 0 Å². The number of halogens is 2. The SMILES string of the molecule is COc1ccc(CCN=C(N)/C(C#N)=C/c2c(O)n(-c3c(Cl)cccc3Cl)c3ccccc23)cc1OC. The number of nitrogens with two attached hydrogens (primary N) is 1. The highest BCUT2D eigenvalue weighted by Crippen LogP contribution is 2.40. The first-order chi connectivity index (χ1) is 17.9. The summed E-state index contributed by atoms with van der Waals surface area (Å²) in [5.74, 6) is 1.21. The van der Waals surface area contributed by atoms with Crippen LogP contribution < -0.4 is 15.2 Å². The van der Waals surface area contributed by atoms with Crippen molar-refractivity contribution >= 4 is 46.0 Å². The summed E-state index contributed by atoms with van der Waals surface area (Å²) in [5.41, 5.74) is 8.80. The van der Waals surface area contributed by atoms with Gasteiger partial charge in [-0.05, 0) is 48.4 Å². The van der Waals surface area contributed by atoms with Gasteiger partial charge >= 0.3 is 0 Å². The third kappa shape index (κ3) is 5.21. The van der Waals surface area contributed by atoms with Crippen molar-refractivity contribution in [2.45, 2.75) is 6.42 Å². The highest BCUT2D eigenvalue weighted by Gasteiger charge is 2.20. The number of benzene rings is 3. The zero-order valence-corrected chi connectivity index (χ0v) is 21.7. The molecule has 0 amide bonds. The number of ether oxygens (including phenoxy) is 2. The molecule has 0 fully saturated rings. The Labute approximate surface area is 224 Å². The first-order valence-electron chi connectivity index (χ1n) is 11.3. The van der Waals surface area contributed by atoms with Crippen molar-refractivity contribution in [1.29, 1.82) is 5.26 Å². The van der Waals surface area contributed by atoms with Crippen molar-refractivity contribution in [3.05, 3.63) is 87.4 Å². The minimum Gasteiger partial charge on any atom is -0.494 e. The summed E-state index contributed by atoms with van der Waals surface area (Å²) in [4.78, 5) is 4.39. The zero-order valence-electron chi connectivity index (χ0n) is 20.2. The minimum atomic E-state index is -0.123. The fraction of sp³-hybridized carbons (Fsp3) is 0.143. The van der Waals surface area contributed by atoms with Gasteiger partial charge in [0, 0.05) is 17.5 Å². The van der Waals surface area contributed by atoms with Crippen LogP contribution in [-0.4, -0.2) is 36.3 Å². The Morgan fingerprint density at radius 3 is 2.43 bits per heavy atom. The molecule has 0 radical (unpaired) electrons. The van der Waals surface area contributed by atoms with Gasteiger partial charge in [0.05, 0.1) is 41.0 Å². The molecule has 3 N–H and O–H groups in total. The van der Waals surface area contributed by atoms with E-state index < -0.39 is 0 Å². The number of hydrogen-bond acceptors (Lipinski definition) is 5. The van der Waals surface area contributed by atoms with Crippen LogP contribution in [0, 0.1) is 11.3 Å². The summed E-state index contributed by atoms with van der Waals surface area (Å²) in [6, 6.07) is 20.2. The fourth-order valence-electron chi connectivity index (χ4n) is 4.06. The molecule has 0 aliphatic rings. The van der Waals surface area contributed by atoms with E-state index in [0.717, 1.165) is 5.56 Å². The van der Waals surface area contributed by atoms with Crippen LogP contribution in [0.2, 0.25) is 10.0 Å². The number of hydrogen-bond donors (Lipinski definition) is 2. The number of nitrogens with zero attached hydrogens (tertiary/aromatic N) is 3. The molecule has 9 heteroatoms. The molecular formula is C28H24Cl2N4O3. The number of aliphatic imine (C=N–C) groups is 1. The molecule has 0 aliphatic heterocycles. The predicted octanol–water partition coefficient (Wildman–Crippen LogP) is 6.17. The lowest BCUT2D eigenvalue weighted by molar-refractivity contribution is 0.354. The number of aromatic nitrogens is 1. The van der Waals surface area contributed by atoms with E-state index in [1.807, 2.05) is 42.5 Å². The third-order valence-corrected chi connectivity index (χ3v) is 6.47. The second-order valence-electron chi connectivity index (χ2n) is 8.04. The lowest BCUT2D eigenvalue weighted by Crippen LogP contribution is -2.15. The summed E-state index contributed by atoms with van der Waals surface area (Å²) >= 11 is 12.9. The number of aromatic hydroxyl groups is 1. The monoisotopic (exact) mass is 534 g/mol. The van der Waals surface area contributed by atoms with E-state index in [1.165, 1.54) is 6.08 Å². The Morgan fingerprint density at radius 2 is 1.76 bits per heavy atom. The van der Waals surface area contributed by atoms with Crippen LogP contribution in [0.15, 0.2) is 71.2 Å². The van der Waals surface area contributed by atoms with Crippen molar-refractivity contribution < 1.29 is 14.6 Å². The van der Waals surface area contributed by atoms with Gasteiger partial charge in [0.2, 0.25) is 5.88 Å². The molecule has 0 bridgehead atoms. The molecule has 0 aliphatic carbocycles. The Kier molecular flexibility index (Phi) is 7.92. The average molecular weight is 535 g/mol. The molecule has 0 atom stereocenters. The van der Waals surface area contributed by atoms with Gasteiger partial charge in [-0.3, -0.25) is 9.56 Å². The summed E-state index contributed by atoms with van der Waals surface area (Å²) in [6.45, 7) is 0.351. The number of fused-ring (bicyclic) bond motifs is 1. The van der Waals surface area contributed by atoms with Gasteiger partial charge < -0.3 is 20.3 Å². The third-order valence-electron chi connectivity index (χ3n) is 5.86. The summed E-state index contributed by atoms with van der Waals surface area (Å²) < 4.78 is 12.2. The Hall–Kier alpha value is -4.12. The summed E-state index contributed by atoms with van der Waals surface area (Å²) in [7, 11) is 3.16. The molecule has 1 aromatic heterocycles. The van der Waals surface area contributed by atoms with Crippen molar-refractivity contribution in [1.82, 2.24) is 4.57 Å². The van der Waals surface area contributed by atoms with E-state index in [1.54, 1.807) is 37.0 Å². The standard InChI is InChI=1S/C28H24Cl2N4O3/c1-36-24-11-10-17(14-25(24)37-2)12-13-33-27(32)18(16-31)15-20-19-6-3-4-9-23(19)34(28(20)35)26-21(29)7-5-8-22(26)30/h3-11,14-15,35H,12-13H2,1-2H3,(H2,32,33)/b18-15+. The Bertz CT molecular complexity index is 1550. The van der Waals surface area contributed by atoms with Gasteiger partial charge in [-0.2, -0.15) is 5.26 Å². The highest BCUT2D eigenvalue weighted by molar-refractivity contribution is 6.38. The van der Waals surface area contributed by atoms with E-state index in [4.69, 9.17) is 38.4 Å². The largest absolute Gasteiger partial charge is 0.494 e. The van der Waals surface area contributed by atoms with Crippen LogP contribution in [0.25, 0.3) is 22.7 Å². The molecule has 37 heavy (non-hydrogen) atoms. The van der Waals surface area contributed by atoms with Crippen molar-refractivity contribution in [3.8, 4) is 29.1 Å². The van der Waals surface area contributed by atoms with Crippen LogP contribution in [0.5, 0.6) is 17.4 Å². The van der Waals surface area contributed by atoms with Gasteiger partial charge in [0.25, 0.3) is 0 Å². The van der Waals surface area contributed by atoms with Crippen LogP contribution >= 0.6 is 23.2 Å².